The van der Waals surface area contributed by atoms with Crippen LogP contribution in [0.15, 0.2) is 59.1 Å². The third-order valence-electron chi connectivity index (χ3n) is 4.63. The number of piperidine rings is 1. The van der Waals surface area contributed by atoms with Crippen LogP contribution >= 0.6 is 0 Å². The second-order valence-corrected chi connectivity index (χ2v) is 6.10. The fourth-order valence-corrected chi connectivity index (χ4v) is 3.41. The zero-order valence-corrected chi connectivity index (χ0v) is 12.6. The van der Waals surface area contributed by atoms with Crippen molar-refractivity contribution in [1.82, 2.24) is 10.1 Å². The molecule has 0 bridgehead atoms. The number of para-hydroxylation sites is 1. The fraction of sp³-hybridized carbons (Fsp3) is 0.316. The summed E-state index contributed by atoms with van der Waals surface area (Å²) in [6, 6.07) is 18.9. The number of likely N-dealkylation sites (tertiary alicyclic amines) is 1. The van der Waals surface area contributed by atoms with Gasteiger partial charge >= 0.3 is 0 Å². The van der Waals surface area contributed by atoms with E-state index in [0.717, 1.165) is 43.8 Å². The number of hydrogen-bond donors (Lipinski definition) is 0. The molecule has 1 aromatic heterocycles. The van der Waals surface area contributed by atoms with Crippen LogP contribution in [0.2, 0.25) is 0 Å². The van der Waals surface area contributed by atoms with Gasteiger partial charge in [-0.2, -0.15) is 0 Å². The SMILES string of the molecule is c1ccc(CN2CCC(c3noc4ccccc34)CC2)cc1. The van der Waals surface area contributed by atoms with Crippen molar-refractivity contribution in [1.29, 1.82) is 0 Å². The molecule has 0 N–H and O–H groups in total. The van der Waals surface area contributed by atoms with Crippen LogP contribution in [-0.2, 0) is 6.54 Å². The molecule has 2 aromatic carbocycles. The van der Waals surface area contributed by atoms with Crippen LogP contribution < -0.4 is 0 Å². The van der Waals surface area contributed by atoms with Crippen molar-refractivity contribution in [3.05, 3.63) is 65.9 Å². The Hall–Kier alpha value is -2.13. The summed E-state index contributed by atoms with van der Waals surface area (Å²) in [7, 11) is 0. The maximum Gasteiger partial charge on any atom is 0.167 e. The minimum absolute atomic E-state index is 0.524. The fourth-order valence-electron chi connectivity index (χ4n) is 3.41. The molecule has 0 amide bonds. The number of benzene rings is 2. The molecule has 1 aliphatic rings. The van der Waals surface area contributed by atoms with Crippen molar-refractivity contribution in [2.45, 2.75) is 25.3 Å². The van der Waals surface area contributed by atoms with Crippen LogP contribution in [0, 0.1) is 0 Å². The number of rotatable bonds is 3. The Morgan fingerprint density at radius 2 is 1.68 bits per heavy atom. The van der Waals surface area contributed by atoms with Gasteiger partial charge in [0.05, 0.1) is 5.69 Å². The monoisotopic (exact) mass is 292 g/mol. The first-order chi connectivity index (χ1) is 10.9. The van der Waals surface area contributed by atoms with E-state index in [1.165, 1.54) is 10.9 Å². The van der Waals surface area contributed by atoms with E-state index in [1.807, 2.05) is 12.1 Å². The molecule has 0 saturated carbocycles. The molecule has 1 aliphatic heterocycles. The summed E-state index contributed by atoms with van der Waals surface area (Å²) in [6.07, 6.45) is 2.31. The lowest BCUT2D eigenvalue weighted by Gasteiger charge is -2.31. The Kier molecular flexibility index (Phi) is 3.65. The topological polar surface area (TPSA) is 29.3 Å². The first kappa shape index (κ1) is 13.5. The molecule has 1 saturated heterocycles. The average Bonchev–Trinajstić information content (AvgIpc) is 3.01. The van der Waals surface area contributed by atoms with Crippen molar-refractivity contribution in [3.8, 4) is 0 Å². The highest BCUT2D eigenvalue weighted by Gasteiger charge is 2.24. The zero-order valence-electron chi connectivity index (χ0n) is 12.6. The molecule has 0 radical (unpaired) electrons. The predicted molar refractivity (Wildman–Crippen MR) is 87.7 cm³/mol. The Labute approximate surface area is 130 Å². The van der Waals surface area contributed by atoms with Crippen molar-refractivity contribution in [2.24, 2.45) is 0 Å². The number of hydrogen-bond acceptors (Lipinski definition) is 3. The van der Waals surface area contributed by atoms with E-state index in [4.69, 9.17) is 4.52 Å². The van der Waals surface area contributed by atoms with E-state index in [9.17, 15) is 0 Å². The highest BCUT2D eigenvalue weighted by molar-refractivity contribution is 5.79. The number of fused-ring (bicyclic) bond motifs is 1. The van der Waals surface area contributed by atoms with Crippen molar-refractivity contribution in [2.75, 3.05) is 13.1 Å². The molecule has 22 heavy (non-hydrogen) atoms. The maximum atomic E-state index is 5.46. The van der Waals surface area contributed by atoms with Gasteiger partial charge in [0.1, 0.15) is 0 Å². The summed E-state index contributed by atoms with van der Waals surface area (Å²) in [5.41, 5.74) is 3.45. The van der Waals surface area contributed by atoms with Crippen molar-refractivity contribution in [3.63, 3.8) is 0 Å². The van der Waals surface area contributed by atoms with Gasteiger partial charge in [0.25, 0.3) is 0 Å². The Bertz CT molecular complexity index is 742. The molecule has 4 rings (SSSR count). The summed E-state index contributed by atoms with van der Waals surface area (Å²) >= 11 is 0. The maximum absolute atomic E-state index is 5.46. The smallest absolute Gasteiger partial charge is 0.167 e. The molecule has 0 atom stereocenters. The molecule has 0 unspecified atom stereocenters. The van der Waals surface area contributed by atoms with Crippen LogP contribution in [0.25, 0.3) is 11.0 Å². The minimum atomic E-state index is 0.524. The van der Waals surface area contributed by atoms with Gasteiger partial charge in [0.15, 0.2) is 5.58 Å². The Balaban J connectivity index is 1.43. The van der Waals surface area contributed by atoms with E-state index >= 15 is 0 Å². The van der Waals surface area contributed by atoms with E-state index in [0.29, 0.717) is 5.92 Å². The highest BCUT2D eigenvalue weighted by atomic mass is 16.5. The lowest BCUT2D eigenvalue weighted by molar-refractivity contribution is 0.202. The number of nitrogens with zero attached hydrogens (tertiary/aromatic N) is 2. The lowest BCUT2D eigenvalue weighted by Crippen LogP contribution is -2.32. The van der Waals surface area contributed by atoms with Gasteiger partial charge in [-0.05, 0) is 43.6 Å². The normalized spacial score (nSPS) is 17.1. The van der Waals surface area contributed by atoms with Gasteiger partial charge in [-0.1, -0.05) is 47.6 Å². The third-order valence-corrected chi connectivity index (χ3v) is 4.63. The first-order valence-corrected chi connectivity index (χ1v) is 8.01. The second-order valence-electron chi connectivity index (χ2n) is 6.10. The summed E-state index contributed by atoms with van der Waals surface area (Å²) in [5, 5.41) is 5.52. The molecule has 2 heterocycles. The standard InChI is InChI=1S/C19H20N2O/c1-2-6-15(7-3-1)14-21-12-10-16(11-13-21)19-17-8-4-5-9-18(17)22-20-19/h1-9,16H,10-14H2. The molecule has 3 aromatic rings. The van der Waals surface area contributed by atoms with Gasteiger partial charge in [0, 0.05) is 17.8 Å². The summed E-state index contributed by atoms with van der Waals surface area (Å²) < 4.78 is 5.46. The molecule has 3 nitrogen and oxygen atoms in total. The van der Waals surface area contributed by atoms with Crippen molar-refractivity contribution < 1.29 is 4.52 Å². The molecular weight excluding hydrogens is 272 g/mol. The molecule has 3 heteroatoms. The van der Waals surface area contributed by atoms with E-state index in [1.54, 1.807) is 0 Å². The Morgan fingerprint density at radius 3 is 2.50 bits per heavy atom. The van der Waals surface area contributed by atoms with Crippen molar-refractivity contribution >= 4 is 11.0 Å². The third kappa shape index (κ3) is 2.64. The summed E-state index contributed by atoms with van der Waals surface area (Å²) in [6.45, 7) is 3.30. The molecule has 112 valence electrons. The van der Waals surface area contributed by atoms with Crippen LogP contribution in [0.3, 0.4) is 0 Å². The minimum Gasteiger partial charge on any atom is -0.356 e. The van der Waals surface area contributed by atoms with Gasteiger partial charge in [-0.3, -0.25) is 4.90 Å². The molecule has 0 spiro atoms. The first-order valence-electron chi connectivity index (χ1n) is 8.01. The van der Waals surface area contributed by atoms with Crippen LogP contribution in [0.1, 0.15) is 30.0 Å². The second kappa shape index (κ2) is 5.93. The summed E-state index contributed by atoms with van der Waals surface area (Å²) in [4.78, 5) is 2.54. The Morgan fingerprint density at radius 1 is 0.955 bits per heavy atom. The van der Waals surface area contributed by atoms with Gasteiger partial charge < -0.3 is 4.52 Å². The van der Waals surface area contributed by atoms with Gasteiger partial charge in [0.2, 0.25) is 0 Å². The zero-order chi connectivity index (χ0) is 14.8. The van der Waals surface area contributed by atoms with Crippen LogP contribution in [0.5, 0.6) is 0 Å². The summed E-state index contributed by atoms with van der Waals surface area (Å²) in [5.74, 6) is 0.524. The predicted octanol–water partition coefficient (Wildman–Crippen LogP) is 4.21. The largest absolute Gasteiger partial charge is 0.356 e. The molecule has 0 aliphatic carbocycles. The van der Waals surface area contributed by atoms with E-state index in [-0.39, 0.29) is 0 Å². The van der Waals surface area contributed by atoms with E-state index < -0.39 is 0 Å². The van der Waals surface area contributed by atoms with Gasteiger partial charge in [-0.25, -0.2) is 0 Å². The average molecular weight is 292 g/mol. The van der Waals surface area contributed by atoms with Gasteiger partial charge in [-0.15, -0.1) is 0 Å². The van der Waals surface area contributed by atoms with Crippen LogP contribution in [0.4, 0.5) is 0 Å². The lowest BCUT2D eigenvalue weighted by atomic mass is 9.91. The quantitative estimate of drug-likeness (QED) is 0.724. The molecular formula is C19H20N2O. The van der Waals surface area contributed by atoms with Crippen LogP contribution in [-0.4, -0.2) is 23.1 Å². The number of aromatic nitrogens is 1. The van der Waals surface area contributed by atoms with E-state index in [2.05, 4.69) is 52.5 Å². The molecule has 1 fully saturated rings. The highest BCUT2D eigenvalue weighted by Crippen LogP contribution is 2.32.